The van der Waals surface area contributed by atoms with Crippen LogP contribution in [-0.2, 0) is 24.0 Å². The molecule has 0 fully saturated rings. The normalized spacial score (nSPS) is 11.7. The monoisotopic (exact) mass is 601 g/mol. The number of carbonyl (C=O) groups is 1. The molecule has 0 aliphatic carbocycles. The van der Waals surface area contributed by atoms with Crippen molar-refractivity contribution in [2.75, 3.05) is 0 Å². The van der Waals surface area contributed by atoms with Crippen LogP contribution in [0.25, 0.3) is 21.7 Å². The van der Waals surface area contributed by atoms with E-state index in [2.05, 4.69) is 5.32 Å². The predicted octanol–water partition coefficient (Wildman–Crippen LogP) is 7.49. The number of ether oxygens (including phenoxy) is 1. The van der Waals surface area contributed by atoms with E-state index in [1.54, 1.807) is 56.5 Å². The number of thiophene rings is 1. The standard InChI is InChI=1S/C30H24F5N3O3S/c1-29(2,3)41-28(40)37-14-17-5-4-6-18(9-17)20-10-26(42-16-20)25-12-23(30(33,34)35)22(13-36)27(39)38(25)15-19-7-8-21(31)11-24(19)32/h4-12,16H,14-15H2,1-3H3,(H,37,40). The Bertz CT molecular complexity index is 1750. The highest BCUT2D eigenvalue weighted by molar-refractivity contribution is 7.14. The summed E-state index contributed by atoms with van der Waals surface area (Å²) in [6.45, 7) is 4.84. The van der Waals surface area contributed by atoms with Crippen LogP contribution < -0.4 is 10.9 Å². The van der Waals surface area contributed by atoms with E-state index in [1.165, 1.54) is 6.07 Å². The van der Waals surface area contributed by atoms with E-state index in [1.807, 2.05) is 0 Å². The van der Waals surface area contributed by atoms with Crippen molar-refractivity contribution in [3.05, 3.63) is 104 Å². The van der Waals surface area contributed by atoms with Gasteiger partial charge in [-0.2, -0.15) is 18.4 Å². The van der Waals surface area contributed by atoms with Gasteiger partial charge in [-0.25, -0.2) is 13.6 Å². The van der Waals surface area contributed by atoms with Gasteiger partial charge in [0.2, 0.25) is 0 Å². The molecule has 0 aliphatic rings. The van der Waals surface area contributed by atoms with E-state index in [-0.39, 0.29) is 22.7 Å². The molecule has 0 unspecified atom stereocenters. The maximum atomic E-state index is 14.5. The van der Waals surface area contributed by atoms with Crippen molar-refractivity contribution in [2.24, 2.45) is 0 Å². The summed E-state index contributed by atoms with van der Waals surface area (Å²) in [5, 5.41) is 13.7. The van der Waals surface area contributed by atoms with Crippen LogP contribution in [0.15, 0.2) is 64.8 Å². The molecule has 0 atom stereocenters. The van der Waals surface area contributed by atoms with Crippen LogP contribution in [0.1, 0.15) is 43.0 Å². The van der Waals surface area contributed by atoms with Gasteiger partial charge in [-0.1, -0.05) is 24.3 Å². The fraction of sp³-hybridized carbons (Fsp3) is 0.233. The molecule has 6 nitrogen and oxygen atoms in total. The van der Waals surface area contributed by atoms with Gasteiger partial charge in [0.05, 0.1) is 22.7 Å². The van der Waals surface area contributed by atoms with Gasteiger partial charge in [-0.3, -0.25) is 4.79 Å². The average molecular weight is 602 g/mol. The molecule has 1 amide bonds. The Morgan fingerprint density at radius 1 is 1.05 bits per heavy atom. The number of nitriles is 1. The minimum Gasteiger partial charge on any atom is -0.444 e. The Labute approximate surface area is 241 Å². The van der Waals surface area contributed by atoms with E-state index in [0.717, 1.165) is 33.6 Å². The molecule has 0 saturated heterocycles. The Morgan fingerprint density at radius 2 is 1.79 bits per heavy atom. The SMILES string of the molecule is CC(C)(C)OC(=O)NCc1cccc(-c2csc(-c3cc(C(F)(F)F)c(C#N)c(=O)n3Cc3ccc(F)cc3F)c2)c1. The maximum Gasteiger partial charge on any atom is 0.417 e. The highest BCUT2D eigenvalue weighted by atomic mass is 32.1. The predicted molar refractivity (Wildman–Crippen MR) is 148 cm³/mol. The molecule has 2 heterocycles. The number of alkyl halides is 3. The first-order valence-electron chi connectivity index (χ1n) is 12.5. The maximum absolute atomic E-state index is 14.5. The molecule has 12 heteroatoms. The smallest absolute Gasteiger partial charge is 0.417 e. The van der Waals surface area contributed by atoms with Crippen LogP contribution >= 0.6 is 11.3 Å². The van der Waals surface area contributed by atoms with Gasteiger partial charge in [0.15, 0.2) is 0 Å². The van der Waals surface area contributed by atoms with Gasteiger partial charge >= 0.3 is 12.3 Å². The summed E-state index contributed by atoms with van der Waals surface area (Å²) in [7, 11) is 0. The highest BCUT2D eigenvalue weighted by Gasteiger charge is 2.37. The lowest BCUT2D eigenvalue weighted by Crippen LogP contribution is -2.32. The fourth-order valence-electron chi connectivity index (χ4n) is 4.13. The molecule has 0 spiro atoms. The fourth-order valence-corrected chi connectivity index (χ4v) is 5.07. The van der Waals surface area contributed by atoms with Gasteiger partial charge in [-0.05, 0) is 67.1 Å². The van der Waals surface area contributed by atoms with Crippen molar-refractivity contribution in [2.45, 2.75) is 45.6 Å². The topological polar surface area (TPSA) is 84.1 Å². The first kappa shape index (κ1) is 30.5. The minimum atomic E-state index is -5.01. The molecular weight excluding hydrogens is 577 g/mol. The lowest BCUT2D eigenvalue weighted by Gasteiger charge is -2.19. The van der Waals surface area contributed by atoms with Gasteiger partial charge in [0, 0.05) is 18.2 Å². The summed E-state index contributed by atoms with van der Waals surface area (Å²) in [5.41, 5.74) is -2.77. The van der Waals surface area contributed by atoms with Crippen LogP contribution in [-0.4, -0.2) is 16.3 Å². The zero-order valence-electron chi connectivity index (χ0n) is 22.6. The molecule has 2 aromatic carbocycles. The number of benzene rings is 2. The van der Waals surface area contributed by atoms with Crippen molar-refractivity contribution < 1.29 is 31.5 Å². The molecule has 0 saturated carbocycles. The van der Waals surface area contributed by atoms with Crippen molar-refractivity contribution in [1.82, 2.24) is 9.88 Å². The van der Waals surface area contributed by atoms with E-state index in [0.29, 0.717) is 23.3 Å². The Balaban J connectivity index is 1.74. The molecule has 42 heavy (non-hydrogen) atoms. The summed E-state index contributed by atoms with van der Waals surface area (Å²) < 4.78 is 75.7. The number of nitrogens with zero attached hydrogens (tertiary/aromatic N) is 2. The second-order valence-electron chi connectivity index (χ2n) is 10.3. The molecule has 2 aromatic heterocycles. The largest absolute Gasteiger partial charge is 0.444 e. The number of nitrogens with one attached hydrogen (secondary N) is 1. The van der Waals surface area contributed by atoms with E-state index < -0.39 is 52.7 Å². The summed E-state index contributed by atoms with van der Waals surface area (Å²) >= 11 is 1.05. The molecule has 4 aromatic rings. The van der Waals surface area contributed by atoms with E-state index in [9.17, 15) is 36.8 Å². The number of rotatable bonds is 6. The number of aromatic nitrogens is 1. The third-order valence-electron chi connectivity index (χ3n) is 6.01. The van der Waals surface area contributed by atoms with Gasteiger partial charge < -0.3 is 14.6 Å². The first-order chi connectivity index (χ1) is 19.7. The molecule has 4 rings (SSSR count). The van der Waals surface area contributed by atoms with Crippen molar-refractivity contribution >= 4 is 17.4 Å². The number of halogens is 5. The Hall–Kier alpha value is -4.50. The van der Waals surface area contributed by atoms with Crippen molar-refractivity contribution in [1.29, 1.82) is 5.26 Å². The number of hydrogen-bond acceptors (Lipinski definition) is 5. The van der Waals surface area contributed by atoms with Gasteiger partial charge in [-0.15, -0.1) is 11.3 Å². The quantitative estimate of drug-likeness (QED) is 0.232. The zero-order valence-corrected chi connectivity index (χ0v) is 23.4. The van der Waals surface area contributed by atoms with Gasteiger partial charge in [0.1, 0.15) is 28.9 Å². The summed E-state index contributed by atoms with van der Waals surface area (Å²) in [4.78, 5) is 25.4. The number of carbonyl (C=O) groups excluding carboxylic acids is 1. The second-order valence-corrected chi connectivity index (χ2v) is 11.2. The molecule has 218 valence electrons. The average Bonchev–Trinajstić information content (AvgIpc) is 3.38. The lowest BCUT2D eigenvalue weighted by atomic mass is 10.0. The summed E-state index contributed by atoms with van der Waals surface area (Å²) in [6.07, 6.45) is -5.60. The second kappa shape index (κ2) is 11.8. The third-order valence-corrected chi connectivity index (χ3v) is 6.96. The van der Waals surface area contributed by atoms with Crippen molar-refractivity contribution in [3.63, 3.8) is 0 Å². The molecular formula is C30H24F5N3O3S. The molecule has 0 aliphatic heterocycles. The molecule has 0 bridgehead atoms. The van der Waals surface area contributed by atoms with E-state index in [4.69, 9.17) is 4.74 Å². The lowest BCUT2D eigenvalue weighted by molar-refractivity contribution is -0.137. The summed E-state index contributed by atoms with van der Waals surface area (Å²) in [5.74, 6) is -1.85. The minimum absolute atomic E-state index is 0.148. The zero-order chi connectivity index (χ0) is 30.8. The molecule has 0 radical (unpaired) electrons. The van der Waals surface area contributed by atoms with Crippen LogP contribution in [0.5, 0.6) is 0 Å². The van der Waals surface area contributed by atoms with Crippen LogP contribution in [0.2, 0.25) is 0 Å². The van der Waals surface area contributed by atoms with Gasteiger partial charge in [0.25, 0.3) is 5.56 Å². The van der Waals surface area contributed by atoms with Crippen LogP contribution in [0.3, 0.4) is 0 Å². The Kier molecular flexibility index (Phi) is 8.54. The Morgan fingerprint density at radius 3 is 2.43 bits per heavy atom. The van der Waals surface area contributed by atoms with Crippen LogP contribution in [0.4, 0.5) is 26.7 Å². The number of hydrogen-bond donors (Lipinski definition) is 1. The number of alkyl carbamates (subject to hydrolysis) is 1. The highest BCUT2D eigenvalue weighted by Crippen LogP contribution is 2.37. The summed E-state index contributed by atoms with van der Waals surface area (Å²) in [6, 6.07) is 13.3. The number of pyridine rings is 1. The van der Waals surface area contributed by atoms with Crippen molar-refractivity contribution in [3.8, 4) is 27.8 Å². The first-order valence-corrected chi connectivity index (χ1v) is 13.4. The van der Waals surface area contributed by atoms with Crippen LogP contribution in [0, 0.1) is 23.0 Å². The number of amides is 1. The third kappa shape index (κ3) is 7.03. The molecule has 1 N–H and O–H groups in total. The van der Waals surface area contributed by atoms with E-state index >= 15 is 0 Å².